The third-order valence-corrected chi connectivity index (χ3v) is 5.19. The standard InChI is InChI=1S/C18H31N7O/c1-23(2)17-13-16(20-14-21-17)22-15-3-7-24(8-4-15)11-12-25-9-5-18(26)19-6-10-25/h13-15H,3-12H2,1-2H3,(H,19,26)(H,20,21,22). The summed E-state index contributed by atoms with van der Waals surface area (Å²) >= 11 is 0. The van der Waals surface area contributed by atoms with Crippen LogP contribution >= 0.6 is 0 Å². The summed E-state index contributed by atoms with van der Waals surface area (Å²) in [4.78, 5) is 26.9. The van der Waals surface area contributed by atoms with E-state index in [9.17, 15) is 4.79 Å². The summed E-state index contributed by atoms with van der Waals surface area (Å²) in [5, 5.41) is 6.49. The Morgan fingerprint density at radius 2 is 1.88 bits per heavy atom. The van der Waals surface area contributed by atoms with E-state index in [1.54, 1.807) is 6.33 Å². The topological polar surface area (TPSA) is 76.6 Å². The number of amides is 1. The Hall–Kier alpha value is -1.93. The molecule has 2 N–H and O–H groups in total. The molecule has 8 heteroatoms. The molecule has 0 spiro atoms. The Bertz CT molecular complexity index is 587. The summed E-state index contributed by atoms with van der Waals surface area (Å²) in [7, 11) is 3.97. The van der Waals surface area contributed by atoms with Crippen LogP contribution in [-0.2, 0) is 4.79 Å². The van der Waals surface area contributed by atoms with Crippen molar-refractivity contribution in [3.8, 4) is 0 Å². The van der Waals surface area contributed by atoms with Crippen LogP contribution in [0.3, 0.4) is 0 Å². The largest absolute Gasteiger partial charge is 0.367 e. The van der Waals surface area contributed by atoms with Gasteiger partial charge < -0.3 is 20.4 Å². The van der Waals surface area contributed by atoms with E-state index in [2.05, 4.69) is 30.4 Å². The molecule has 2 fully saturated rings. The van der Waals surface area contributed by atoms with Gasteiger partial charge in [0, 0.05) is 78.4 Å². The van der Waals surface area contributed by atoms with Crippen LogP contribution in [-0.4, -0.2) is 91.6 Å². The fraction of sp³-hybridized carbons (Fsp3) is 0.722. The highest BCUT2D eigenvalue weighted by molar-refractivity contribution is 5.76. The van der Waals surface area contributed by atoms with Gasteiger partial charge in [-0.2, -0.15) is 0 Å². The summed E-state index contributed by atoms with van der Waals surface area (Å²) < 4.78 is 0. The first-order valence-electron chi connectivity index (χ1n) is 9.57. The average Bonchev–Trinajstić information content (AvgIpc) is 2.85. The van der Waals surface area contributed by atoms with Crippen molar-refractivity contribution in [3.05, 3.63) is 12.4 Å². The maximum Gasteiger partial charge on any atom is 0.221 e. The monoisotopic (exact) mass is 361 g/mol. The molecule has 8 nitrogen and oxygen atoms in total. The molecule has 3 heterocycles. The highest BCUT2D eigenvalue weighted by atomic mass is 16.1. The van der Waals surface area contributed by atoms with Crippen molar-refractivity contribution in [1.29, 1.82) is 0 Å². The summed E-state index contributed by atoms with van der Waals surface area (Å²) in [6, 6.07) is 2.47. The lowest BCUT2D eigenvalue weighted by Gasteiger charge is -2.34. The minimum absolute atomic E-state index is 0.182. The maximum absolute atomic E-state index is 11.4. The van der Waals surface area contributed by atoms with E-state index in [4.69, 9.17) is 0 Å². The highest BCUT2D eigenvalue weighted by Gasteiger charge is 2.20. The Morgan fingerprint density at radius 3 is 2.62 bits per heavy atom. The van der Waals surface area contributed by atoms with Crippen molar-refractivity contribution < 1.29 is 4.79 Å². The van der Waals surface area contributed by atoms with Gasteiger partial charge in [-0.3, -0.25) is 9.69 Å². The van der Waals surface area contributed by atoms with Gasteiger partial charge in [-0.1, -0.05) is 0 Å². The first-order valence-corrected chi connectivity index (χ1v) is 9.57. The van der Waals surface area contributed by atoms with E-state index in [0.717, 1.165) is 70.3 Å². The zero-order valence-electron chi connectivity index (χ0n) is 15.9. The van der Waals surface area contributed by atoms with Gasteiger partial charge in [0.05, 0.1) is 0 Å². The number of hydrogen-bond acceptors (Lipinski definition) is 7. The first kappa shape index (κ1) is 18.8. The number of aromatic nitrogens is 2. The molecule has 0 unspecified atom stereocenters. The highest BCUT2D eigenvalue weighted by Crippen LogP contribution is 2.17. The molecule has 144 valence electrons. The lowest BCUT2D eigenvalue weighted by atomic mass is 10.1. The minimum Gasteiger partial charge on any atom is -0.367 e. The Morgan fingerprint density at radius 1 is 1.15 bits per heavy atom. The number of nitrogens with one attached hydrogen (secondary N) is 2. The van der Waals surface area contributed by atoms with Crippen LogP contribution in [0.5, 0.6) is 0 Å². The predicted molar refractivity (Wildman–Crippen MR) is 104 cm³/mol. The molecule has 0 aliphatic carbocycles. The second kappa shape index (κ2) is 9.14. The number of likely N-dealkylation sites (tertiary alicyclic amines) is 1. The second-order valence-electron chi connectivity index (χ2n) is 7.36. The number of hydrogen-bond donors (Lipinski definition) is 2. The van der Waals surface area contributed by atoms with Gasteiger partial charge in [-0.05, 0) is 12.8 Å². The van der Waals surface area contributed by atoms with Crippen LogP contribution in [0, 0.1) is 0 Å². The van der Waals surface area contributed by atoms with E-state index >= 15 is 0 Å². The van der Waals surface area contributed by atoms with Crippen LogP contribution in [0.1, 0.15) is 19.3 Å². The summed E-state index contributed by atoms with van der Waals surface area (Å²) in [5.74, 6) is 2.01. The summed E-state index contributed by atoms with van der Waals surface area (Å²) in [6.07, 6.45) is 4.50. The van der Waals surface area contributed by atoms with Gasteiger partial charge in [0.15, 0.2) is 0 Å². The number of rotatable bonds is 6. The molecule has 1 aromatic rings. The SMILES string of the molecule is CN(C)c1cc(NC2CCN(CCN3CCNC(=O)CC3)CC2)ncn1. The average molecular weight is 361 g/mol. The van der Waals surface area contributed by atoms with Crippen molar-refractivity contribution in [2.24, 2.45) is 0 Å². The van der Waals surface area contributed by atoms with Gasteiger partial charge in [0.25, 0.3) is 0 Å². The number of carbonyl (C=O) groups is 1. The van der Waals surface area contributed by atoms with Gasteiger partial charge in [0.1, 0.15) is 18.0 Å². The molecule has 3 rings (SSSR count). The third-order valence-electron chi connectivity index (χ3n) is 5.19. The number of carbonyl (C=O) groups excluding carboxylic acids is 1. The van der Waals surface area contributed by atoms with E-state index in [-0.39, 0.29) is 5.91 Å². The molecule has 2 aliphatic rings. The zero-order valence-corrected chi connectivity index (χ0v) is 15.9. The quantitative estimate of drug-likeness (QED) is 0.752. The molecule has 0 saturated carbocycles. The Kier molecular flexibility index (Phi) is 6.62. The summed E-state index contributed by atoms with van der Waals surface area (Å²) in [6.45, 7) is 6.96. The Labute approximate surface area is 156 Å². The van der Waals surface area contributed by atoms with Crippen LogP contribution in [0.2, 0.25) is 0 Å². The minimum atomic E-state index is 0.182. The lowest BCUT2D eigenvalue weighted by Crippen LogP contribution is -2.43. The van der Waals surface area contributed by atoms with E-state index in [1.807, 2.05) is 25.1 Å². The number of anilines is 2. The van der Waals surface area contributed by atoms with Crippen molar-refractivity contribution in [3.63, 3.8) is 0 Å². The predicted octanol–water partition coefficient (Wildman–Crippen LogP) is 0.241. The van der Waals surface area contributed by atoms with Crippen LogP contribution in [0.15, 0.2) is 12.4 Å². The second-order valence-corrected chi connectivity index (χ2v) is 7.36. The number of nitrogens with zero attached hydrogens (tertiary/aromatic N) is 5. The van der Waals surface area contributed by atoms with Crippen LogP contribution < -0.4 is 15.5 Å². The molecular weight excluding hydrogens is 330 g/mol. The molecule has 1 aromatic heterocycles. The molecule has 2 aliphatic heterocycles. The molecule has 1 amide bonds. The molecule has 26 heavy (non-hydrogen) atoms. The molecule has 2 saturated heterocycles. The smallest absolute Gasteiger partial charge is 0.221 e. The third kappa shape index (κ3) is 5.54. The molecule has 0 aromatic carbocycles. The fourth-order valence-electron chi connectivity index (χ4n) is 3.50. The van der Waals surface area contributed by atoms with Gasteiger partial charge in [-0.25, -0.2) is 9.97 Å². The van der Waals surface area contributed by atoms with Gasteiger partial charge in [0.2, 0.25) is 5.91 Å². The normalized spacial score (nSPS) is 20.5. The molecular formula is C18H31N7O. The van der Waals surface area contributed by atoms with Crippen LogP contribution in [0.25, 0.3) is 0 Å². The Balaban J connectivity index is 1.39. The van der Waals surface area contributed by atoms with E-state index in [0.29, 0.717) is 12.5 Å². The zero-order chi connectivity index (χ0) is 18.4. The molecule has 0 atom stereocenters. The lowest BCUT2D eigenvalue weighted by molar-refractivity contribution is -0.120. The van der Waals surface area contributed by atoms with E-state index in [1.165, 1.54) is 0 Å². The molecule has 0 bridgehead atoms. The van der Waals surface area contributed by atoms with Gasteiger partial charge >= 0.3 is 0 Å². The van der Waals surface area contributed by atoms with Gasteiger partial charge in [-0.15, -0.1) is 0 Å². The van der Waals surface area contributed by atoms with Crippen molar-refractivity contribution in [2.45, 2.75) is 25.3 Å². The van der Waals surface area contributed by atoms with E-state index < -0.39 is 0 Å². The fourth-order valence-corrected chi connectivity index (χ4v) is 3.50. The number of piperidine rings is 1. The first-order chi connectivity index (χ1) is 12.6. The summed E-state index contributed by atoms with van der Waals surface area (Å²) in [5.41, 5.74) is 0. The van der Waals surface area contributed by atoms with Crippen molar-refractivity contribution >= 4 is 17.5 Å². The maximum atomic E-state index is 11.4. The molecule has 0 radical (unpaired) electrons. The van der Waals surface area contributed by atoms with Crippen LogP contribution in [0.4, 0.5) is 11.6 Å². The van der Waals surface area contributed by atoms with Crippen molar-refractivity contribution in [1.82, 2.24) is 25.1 Å². The van der Waals surface area contributed by atoms with Crippen molar-refractivity contribution in [2.75, 3.05) is 70.1 Å².